The van der Waals surface area contributed by atoms with Crippen LogP contribution >= 0.6 is 0 Å². The monoisotopic (exact) mass is 221 g/mol. The molecule has 0 radical (unpaired) electrons. The van der Waals surface area contributed by atoms with Crippen molar-refractivity contribution in [2.45, 2.75) is 38.8 Å². The minimum atomic E-state index is -0.478. The predicted molar refractivity (Wildman–Crippen MR) is 63.7 cm³/mol. The number of carbonyl (C=O) groups is 1. The van der Waals surface area contributed by atoms with Crippen LogP contribution in [0.4, 0.5) is 0 Å². The van der Waals surface area contributed by atoms with Gasteiger partial charge in [0.15, 0.2) is 0 Å². The second kappa shape index (κ2) is 5.07. The third kappa shape index (κ3) is 4.40. The lowest BCUT2D eigenvalue weighted by Crippen LogP contribution is -2.39. The van der Waals surface area contributed by atoms with Crippen LogP contribution in [0, 0.1) is 0 Å². The molecule has 1 aromatic rings. The van der Waals surface area contributed by atoms with Crippen LogP contribution in [-0.4, -0.2) is 16.4 Å². The Morgan fingerprint density at radius 2 is 2.25 bits per heavy atom. The molecule has 4 heteroatoms. The van der Waals surface area contributed by atoms with E-state index in [2.05, 4.69) is 10.3 Å². The third-order valence-electron chi connectivity index (χ3n) is 2.13. The van der Waals surface area contributed by atoms with Crippen molar-refractivity contribution in [1.29, 1.82) is 0 Å². The largest absolute Gasteiger partial charge is 0.348 e. The average molecular weight is 221 g/mol. The summed E-state index contributed by atoms with van der Waals surface area (Å²) in [5.74, 6) is -0.0503. The molecule has 3 N–H and O–H groups in total. The second-order valence-electron chi connectivity index (χ2n) is 4.71. The molecule has 4 nitrogen and oxygen atoms in total. The zero-order valence-corrected chi connectivity index (χ0v) is 10.0. The fourth-order valence-electron chi connectivity index (χ4n) is 1.41. The molecular weight excluding hydrogens is 202 g/mol. The minimum Gasteiger partial charge on any atom is -0.348 e. The highest BCUT2D eigenvalue weighted by Crippen LogP contribution is 2.10. The van der Waals surface area contributed by atoms with E-state index in [1.54, 1.807) is 6.20 Å². The lowest BCUT2D eigenvalue weighted by molar-refractivity contribution is -0.122. The molecule has 0 spiro atoms. The highest BCUT2D eigenvalue weighted by atomic mass is 16.1. The van der Waals surface area contributed by atoms with Gasteiger partial charge in [0.25, 0.3) is 0 Å². The first kappa shape index (κ1) is 12.6. The Labute approximate surface area is 96.3 Å². The Hall–Kier alpha value is -1.42. The smallest absolute Gasteiger partial charge is 0.222 e. The first-order valence-corrected chi connectivity index (χ1v) is 5.38. The van der Waals surface area contributed by atoms with Crippen molar-refractivity contribution in [3.63, 3.8) is 0 Å². The molecule has 0 aromatic carbocycles. The standard InChI is InChI=1S/C12H19N3O/c1-9(10-6-4-5-7-14-10)15-11(16)8-12(2,3)13/h4-7,9H,8,13H2,1-3H3,(H,15,16)/t9-/m1/s1. The Balaban J connectivity index is 2.52. The first-order valence-electron chi connectivity index (χ1n) is 5.38. The molecule has 1 heterocycles. The number of nitrogens with zero attached hydrogens (tertiary/aromatic N) is 1. The van der Waals surface area contributed by atoms with Crippen molar-refractivity contribution in [2.75, 3.05) is 0 Å². The van der Waals surface area contributed by atoms with Gasteiger partial charge in [0.2, 0.25) is 5.91 Å². The van der Waals surface area contributed by atoms with E-state index in [1.165, 1.54) is 0 Å². The molecule has 0 aliphatic heterocycles. The van der Waals surface area contributed by atoms with Crippen LogP contribution in [0.1, 0.15) is 38.9 Å². The lowest BCUT2D eigenvalue weighted by atomic mass is 10.0. The maximum absolute atomic E-state index is 11.6. The number of carbonyl (C=O) groups excluding carboxylic acids is 1. The van der Waals surface area contributed by atoms with Crippen molar-refractivity contribution in [3.05, 3.63) is 30.1 Å². The van der Waals surface area contributed by atoms with E-state index in [0.717, 1.165) is 5.69 Å². The molecular formula is C12H19N3O. The van der Waals surface area contributed by atoms with Crippen LogP contribution in [0.2, 0.25) is 0 Å². The molecule has 0 fully saturated rings. The average Bonchev–Trinajstić information content (AvgIpc) is 2.16. The topological polar surface area (TPSA) is 68.0 Å². The van der Waals surface area contributed by atoms with Gasteiger partial charge in [0.1, 0.15) is 0 Å². The summed E-state index contributed by atoms with van der Waals surface area (Å²) >= 11 is 0. The Morgan fingerprint density at radius 1 is 1.56 bits per heavy atom. The van der Waals surface area contributed by atoms with Crippen LogP contribution in [0.3, 0.4) is 0 Å². The number of rotatable bonds is 4. The van der Waals surface area contributed by atoms with Gasteiger partial charge >= 0.3 is 0 Å². The number of aromatic nitrogens is 1. The number of nitrogens with one attached hydrogen (secondary N) is 1. The van der Waals surface area contributed by atoms with E-state index in [0.29, 0.717) is 6.42 Å². The number of amides is 1. The highest BCUT2D eigenvalue weighted by Gasteiger charge is 2.18. The van der Waals surface area contributed by atoms with Crippen LogP contribution in [0.5, 0.6) is 0 Å². The zero-order chi connectivity index (χ0) is 12.2. The number of hydrogen-bond acceptors (Lipinski definition) is 3. The van der Waals surface area contributed by atoms with Crippen molar-refractivity contribution in [3.8, 4) is 0 Å². The van der Waals surface area contributed by atoms with Crippen LogP contribution in [-0.2, 0) is 4.79 Å². The molecule has 1 aromatic heterocycles. The van der Waals surface area contributed by atoms with Gasteiger partial charge in [0.05, 0.1) is 11.7 Å². The van der Waals surface area contributed by atoms with Gasteiger partial charge < -0.3 is 11.1 Å². The number of pyridine rings is 1. The molecule has 0 bridgehead atoms. The fourth-order valence-corrected chi connectivity index (χ4v) is 1.41. The van der Waals surface area contributed by atoms with Gasteiger partial charge in [-0.3, -0.25) is 9.78 Å². The van der Waals surface area contributed by atoms with Gasteiger partial charge in [-0.15, -0.1) is 0 Å². The molecule has 88 valence electrons. The molecule has 0 saturated heterocycles. The van der Waals surface area contributed by atoms with E-state index in [9.17, 15) is 4.79 Å². The van der Waals surface area contributed by atoms with E-state index < -0.39 is 5.54 Å². The maximum atomic E-state index is 11.6. The van der Waals surface area contributed by atoms with Crippen molar-refractivity contribution >= 4 is 5.91 Å². The lowest BCUT2D eigenvalue weighted by Gasteiger charge is -2.20. The summed E-state index contributed by atoms with van der Waals surface area (Å²) < 4.78 is 0. The van der Waals surface area contributed by atoms with Gasteiger partial charge in [-0.05, 0) is 32.9 Å². The summed E-state index contributed by atoms with van der Waals surface area (Å²) in [5.41, 5.74) is 6.15. The van der Waals surface area contributed by atoms with Crippen LogP contribution < -0.4 is 11.1 Å². The summed E-state index contributed by atoms with van der Waals surface area (Å²) in [7, 11) is 0. The Kier molecular flexibility index (Phi) is 4.01. The van der Waals surface area contributed by atoms with Gasteiger partial charge in [-0.25, -0.2) is 0 Å². The van der Waals surface area contributed by atoms with Gasteiger partial charge in [-0.2, -0.15) is 0 Å². The van der Waals surface area contributed by atoms with Gasteiger partial charge in [0, 0.05) is 18.2 Å². The predicted octanol–water partition coefficient (Wildman–Crippen LogP) is 1.39. The third-order valence-corrected chi connectivity index (χ3v) is 2.13. The molecule has 1 amide bonds. The van der Waals surface area contributed by atoms with Crippen LogP contribution in [0.15, 0.2) is 24.4 Å². The SMILES string of the molecule is C[C@@H](NC(=O)CC(C)(C)N)c1ccccn1. The van der Waals surface area contributed by atoms with Gasteiger partial charge in [-0.1, -0.05) is 6.07 Å². The normalized spacial score (nSPS) is 13.2. The number of nitrogens with two attached hydrogens (primary N) is 1. The zero-order valence-electron chi connectivity index (χ0n) is 10.0. The molecule has 1 atom stereocenters. The maximum Gasteiger partial charge on any atom is 0.222 e. The number of hydrogen-bond donors (Lipinski definition) is 2. The first-order chi connectivity index (χ1) is 7.38. The summed E-state index contributed by atoms with van der Waals surface area (Å²) in [6, 6.07) is 5.55. The second-order valence-corrected chi connectivity index (χ2v) is 4.71. The molecule has 0 saturated carbocycles. The summed E-state index contributed by atoms with van der Waals surface area (Å²) in [4.78, 5) is 15.8. The highest BCUT2D eigenvalue weighted by molar-refractivity contribution is 5.77. The summed E-state index contributed by atoms with van der Waals surface area (Å²) in [5, 5.41) is 2.87. The summed E-state index contributed by atoms with van der Waals surface area (Å²) in [6.45, 7) is 5.57. The Morgan fingerprint density at radius 3 is 2.75 bits per heavy atom. The molecule has 16 heavy (non-hydrogen) atoms. The van der Waals surface area contributed by atoms with Crippen molar-refractivity contribution < 1.29 is 4.79 Å². The van der Waals surface area contributed by atoms with E-state index in [-0.39, 0.29) is 11.9 Å². The van der Waals surface area contributed by atoms with Crippen LogP contribution in [0.25, 0.3) is 0 Å². The van der Waals surface area contributed by atoms with Crippen molar-refractivity contribution in [2.24, 2.45) is 5.73 Å². The molecule has 1 rings (SSSR count). The molecule has 0 aliphatic rings. The fraction of sp³-hybridized carbons (Fsp3) is 0.500. The van der Waals surface area contributed by atoms with E-state index in [1.807, 2.05) is 39.0 Å². The van der Waals surface area contributed by atoms with Crippen molar-refractivity contribution in [1.82, 2.24) is 10.3 Å². The minimum absolute atomic E-state index is 0.0503. The van der Waals surface area contributed by atoms with E-state index in [4.69, 9.17) is 5.73 Å². The summed E-state index contributed by atoms with van der Waals surface area (Å²) in [6.07, 6.45) is 2.02. The van der Waals surface area contributed by atoms with E-state index >= 15 is 0 Å². The Bertz CT molecular complexity index is 343. The molecule has 0 aliphatic carbocycles. The quantitative estimate of drug-likeness (QED) is 0.807. The molecule has 0 unspecified atom stereocenters.